The van der Waals surface area contributed by atoms with Gasteiger partial charge in [0.25, 0.3) is 0 Å². The molecule has 0 bridgehead atoms. The lowest BCUT2D eigenvalue weighted by Crippen LogP contribution is -2.60. The van der Waals surface area contributed by atoms with Crippen molar-refractivity contribution in [3.05, 3.63) is 0 Å². The van der Waals surface area contributed by atoms with Crippen LogP contribution in [-0.2, 0) is 14.2 Å². The zero-order valence-corrected chi connectivity index (χ0v) is 13.5. The van der Waals surface area contributed by atoms with Crippen molar-refractivity contribution in [1.29, 1.82) is 0 Å². The van der Waals surface area contributed by atoms with Crippen LogP contribution in [0.2, 0.25) is 0 Å². The highest BCUT2D eigenvalue weighted by Crippen LogP contribution is 2.32. The minimum atomic E-state index is -1.67. The number of rotatable bonds is 7. The van der Waals surface area contributed by atoms with Crippen LogP contribution in [0.5, 0.6) is 0 Å². The van der Waals surface area contributed by atoms with E-state index in [0.717, 1.165) is 0 Å². The molecule has 0 spiro atoms. The van der Waals surface area contributed by atoms with E-state index in [9.17, 15) is 30.6 Å². The van der Waals surface area contributed by atoms with E-state index in [-0.39, 0.29) is 6.61 Å². The van der Waals surface area contributed by atoms with Gasteiger partial charge in [0.05, 0.1) is 33.0 Å². The number of hydrogen-bond acceptors (Lipinski definition) is 11. The lowest BCUT2D eigenvalue weighted by molar-refractivity contribution is -0.244. The van der Waals surface area contributed by atoms with E-state index in [1.807, 2.05) is 0 Å². The van der Waals surface area contributed by atoms with Crippen LogP contribution in [0.4, 0.5) is 0 Å². The third-order valence-corrected chi connectivity index (χ3v) is 4.70. The van der Waals surface area contributed by atoms with Gasteiger partial charge in [-0.05, 0) is 0 Å². The first-order chi connectivity index (χ1) is 11.8. The van der Waals surface area contributed by atoms with Gasteiger partial charge in [0.15, 0.2) is 0 Å². The van der Waals surface area contributed by atoms with Gasteiger partial charge in [0, 0.05) is 0 Å². The van der Waals surface area contributed by atoms with Crippen molar-refractivity contribution < 1.29 is 55.1 Å². The van der Waals surface area contributed by atoms with Crippen LogP contribution in [0.15, 0.2) is 0 Å². The molecule has 2 saturated heterocycles. The summed E-state index contributed by atoms with van der Waals surface area (Å²) in [7, 11) is 0. The molecule has 0 aromatic carbocycles. The number of hydrogen-bond donors (Lipinski definition) is 8. The fourth-order valence-electron chi connectivity index (χ4n) is 3.06. The summed E-state index contributed by atoms with van der Waals surface area (Å²) in [5.74, 6) is 0. The smallest absolute Gasteiger partial charge is 0.143 e. The van der Waals surface area contributed by atoms with E-state index in [0.29, 0.717) is 0 Å². The van der Waals surface area contributed by atoms with Crippen molar-refractivity contribution in [3.8, 4) is 0 Å². The minimum Gasteiger partial charge on any atom is -0.394 e. The Morgan fingerprint density at radius 1 is 0.760 bits per heavy atom. The zero-order valence-electron chi connectivity index (χ0n) is 13.5. The molecule has 2 rings (SSSR count). The van der Waals surface area contributed by atoms with E-state index in [4.69, 9.17) is 24.4 Å². The summed E-state index contributed by atoms with van der Waals surface area (Å²) in [6, 6.07) is 0. The number of aliphatic hydroxyl groups is 8. The molecule has 11 heteroatoms. The molecule has 0 aromatic heterocycles. The van der Waals surface area contributed by atoms with Crippen LogP contribution in [0.1, 0.15) is 0 Å². The summed E-state index contributed by atoms with van der Waals surface area (Å²) < 4.78 is 15.9. The molecule has 8 N–H and O–H groups in total. The SMILES string of the molecule is OCC1O[C@H](COC[C@]2(CO)O[C@H](CO)C(O)[C@H]2O)C(O)[C@H](O)[C@@H]1O. The van der Waals surface area contributed by atoms with E-state index in [1.165, 1.54) is 0 Å². The van der Waals surface area contributed by atoms with E-state index < -0.39 is 80.9 Å². The predicted molar refractivity (Wildman–Crippen MR) is 78.4 cm³/mol. The average molecular weight is 370 g/mol. The first-order valence-corrected chi connectivity index (χ1v) is 7.95. The molecular weight excluding hydrogens is 344 g/mol. The topological polar surface area (TPSA) is 190 Å². The van der Waals surface area contributed by atoms with Gasteiger partial charge < -0.3 is 55.1 Å². The molecule has 148 valence electrons. The summed E-state index contributed by atoms with van der Waals surface area (Å²) in [6.07, 6.45) is -10.7. The molecule has 2 aliphatic heterocycles. The summed E-state index contributed by atoms with van der Waals surface area (Å²) >= 11 is 0. The van der Waals surface area contributed by atoms with Crippen LogP contribution in [0, 0.1) is 0 Å². The normalized spacial score (nSPS) is 48.0. The van der Waals surface area contributed by atoms with Crippen molar-refractivity contribution >= 4 is 0 Å². The molecule has 25 heavy (non-hydrogen) atoms. The maximum Gasteiger partial charge on any atom is 0.143 e. The van der Waals surface area contributed by atoms with Crippen molar-refractivity contribution in [2.75, 3.05) is 33.0 Å². The van der Waals surface area contributed by atoms with Crippen LogP contribution in [0.25, 0.3) is 0 Å². The quantitative estimate of drug-likeness (QED) is 0.214. The Bertz CT molecular complexity index is 422. The molecular formula is C14H26O11. The Labute approximate surface area is 143 Å². The Balaban J connectivity index is 1.94. The third-order valence-electron chi connectivity index (χ3n) is 4.70. The molecule has 0 aliphatic carbocycles. The highest BCUT2D eigenvalue weighted by Gasteiger charge is 2.54. The second-order valence-electron chi connectivity index (χ2n) is 6.38. The Morgan fingerprint density at radius 2 is 1.36 bits per heavy atom. The molecule has 0 saturated carbocycles. The summed E-state index contributed by atoms with van der Waals surface area (Å²) in [5.41, 5.74) is -1.67. The lowest BCUT2D eigenvalue weighted by Gasteiger charge is -2.40. The third kappa shape index (κ3) is 3.96. The first kappa shape index (κ1) is 20.9. The molecule has 0 amide bonds. The lowest BCUT2D eigenvalue weighted by atomic mass is 9.95. The maximum atomic E-state index is 10.0. The molecule has 0 radical (unpaired) electrons. The predicted octanol–water partition coefficient (Wildman–Crippen LogP) is -5.31. The second kappa shape index (κ2) is 8.50. The van der Waals surface area contributed by atoms with Crippen molar-refractivity contribution in [3.63, 3.8) is 0 Å². The maximum absolute atomic E-state index is 10.0. The molecule has 11 nitrogen and oxygen atoms in total. The monoisotopic (exact) mass is 370 g/mol. The standard InChI is InChI=1S/C14H26O11/c15-1-6-9(18)12(21)10(19)8(24-6)3-23-5-14(4-17)13(22)11(20)7(2-16)25-14/h6-13,15-22H,1-5H2/t6?,7-,8-,9-,10?,11?,12-,13-,14+/m1/s1. The largest absolute Gasteiger partial charge is 0.394 e. The van der Waals surface area contributed by atoms with Gasteiger partial charge in [-0.2, -0.15) is 0 Å². The molecule has 2 fully saturated rings. The summed E-state index contributed by atoms with van der Waals surface area (Å²) in [5, 5.41) is 76.9. The van der Waals surface area contributed by atoms with Crippen LogP contribution >= 0.6 is 0 Å². The van der Waals surface area contributed by atoms with Gasteiger partial charge >= 0.3 is 0 Å². The number of aliphatic hydroxyl groups excluding tert-OH is 8. The molecule has 9 atom stereocenters. The average Bonchev–Trinajstić information content (AvgIpc) is 2.86. The fraction of sp³-hybridized carbons (Fsp3) is 1.00. The molecule has 3 unspecified atom stereocenters. The summed E-state index contributed by atoms with van der Waals surface area (Å²) in [6.45, 7) is -2.54. The van der Waals surface area contributed by atoms with E-state index in [2.05, 4.69) is 0 Å². The Hall–Kier alpha value is -0.440. The number of ether oxygens (including phenoxy) is 3. The van der Waals surface area contributed by atoms with Gasteiger partial charge in [-0.1, -0.05) is 0 Å². The Kier molecular flexibility index (Phi) is 7.09. The van der Waals surface area contributed by atoms with Gasteiger partial charge in [-0.3, -0.25) is 0 Å². The molecule has 2 heterocycles. The zero-order chi connectivity index (χ0) is 18.8. The van der Waals surface area contributed by atoms with Gasteiger partial charge in [-0.25, -0.2) is 0 Å². The highest BCUT2D eigenvalue weighted by molar-refractivity contribution is 5.02. The Morgan fingerprint density at radius 3 is 1.88 bits per heavy atom. The van der Waals surface area contributed by atoms with Crippen LogP contribution < -0.4 is 0 Å². The minimum absolute atomic E-state index is 0.306. The fourth-order valence-corrected chi connectivity index (χ4v) is 3.06. The van der Waals surface area contributed by atoms with Crippen LogP contribution in [-0.4, -0.2) is 128 Å². The second-order valence-corrected chi connectivity index (χ2v) is 6.38. The molecule has 2 aliphatic rings. The summed E-state index contributed by atoms with van der Waals surface area (Å²) in [4.78, 5) is 0. The van der Waals surface area contributed by atoms with Crippen LogP contribution in [0.3, 0.4) is 0 Å². The van der Waals surface area contributed by atoms with Crippen molar-refractivity contribution in [2.45, 2.75) is 54.4 Å². The highest BCUT2D eigenvalue weighted by atomic mass is 16.6. The van der Waals surface area contributed by atoms with Gasteiger partial charge in [0.1, 0.15) is 54.4 Å². The van der Waals surface area contributed by atoms with Crippen molar-refractivity contribution in [2.24, 2.45) is 0 Å². The van der Waals surface area contributed by atoms with Gasteiger partial charge in [0.2, 0.25) is 0 Å². The van der Waals surface area contributed by atoms with Gasteiger partial charge in [-0.15, -0.1) is 0 Å². The molecule has 0 aromatic rings. The first-order valence-electron chi connectivity index (χ1n) is 7.95. The van der Waals surface area contributed by atoms with Crippen molar-refractivity contribution in [1.82, 2.24) is 0 Å². The van der Waals surface area contributed by atoms with E-state index in [1.54, 1.807) is 0 Å². The van der Waals surface area contributed by atoms with E-state index >= 15 is 0 Å².